The lowest BCUT2D eigenvalue weighted by Gasteiger charge is -2.32. The summed E-state index contributed by atoms with van der Waals surface area (Å²) in [6, 6.07) is 11.9. The molecule has 4 nitrogen and oxygen atoms in total. The number of nitrogens with one attached hydrogen (secondary N) is 1. The van der Waals surface area contributed by atoms with Gasteiger partial charge in [-0.1, -0.05) is 26.0 Å². The summed E-state index contributed by atoms with van der Waals surface area (Å²) in [5, 5.41) is 14.1. The number of phenolic OH excluding ortho intramolecular Hbond substituents is 1. The van der Waals surface area contributed by atoms with Crippen LogP contribution in [-0.4, -0.2) is 22.9 Å². The van der Waals surface area contributed by atoms with Gasteiger partial charge in [0.05, 0.1) is 6.54 Å². The van der Waals surface area contributed by atoms with Crippen molar-refractivity contribution in [1.29, 1.82) is 0 Å². The maximum atomic E-state index is 13.1. The number of hydrogen-bond acceptors (Lipinski definition) is 3. The van der Waals surface area contributed by atoms with Gasteiger partial charge in [-0.15, -0.1) is 11.6 Å². The van der Waals surface area contributed by atoms with Gasteiger partial charge in [0, 0.05) is 28.7 Å². The molecule has 1 amide bonds. The number of rotatable bonds is 6. The molecule has 0 atom stereocenters. The molecule has 1 aliphatic carbocycles. The van der Waals surface area contributed by atoms with Crippen LogP contribution in [0.5, 0.6) is 5.75 Å². The third-order valence-electron chi connectivity index (χ3n) is 5.69. The molecule has 1 heterocycles. The molecule has 0 bridgehead atoms. The van der Waals surface area contributed by atoms with Crippen LogP contribution in [0.15, 0.2) is 36.4 Å². The Balaban J connectivity index is 1.54. The van der Waals surface area contributed by atoms with Crippen molar-refractivity contribution in [3.05, 3.63) is 58.7 Å². The maximum Gasteiger partial charge on any atom is 0.259 e. The Morgan fingerprint density at radius 2 is 2.04 bits per heavy atom. The van der Waals surface area contributed by atoms with Gasteiger partial charge in [0.15, 0.2) is 0 Å². The molecular formula is C23H27ClN2O2. The van der Waals surface area contributed by atoms with Gasteiger partial charge in [0.1, 0.15) is 5.75 Å². The molecule has 1 saturated carbocycles. The quantitative estimate of drug-likeness (QED) is 0.688. The van der Waals surface area contributed by atoms with E-state index >= 15 is 0 Å². The van der Waals surface area contributed by atoms with Gasteiger partial charge in [-0.2, -0.15) is 0 Å². The van der Waals surface area contributed by atoms with Gasteiger partial charge in [-0.05, 0) is 66.6 Å². The van der Waals surface area contributed by atoms with E-state index in [-0.39, 0.29) is 17.0 Å². The predicted molar refractivity (Wildman–Crippen MR) is 113 cm³/mol. The van der Waals surface area contributed by atoms with Gasteiger partial charge < -0.3 is 15.3 Å². The molecule has 0 unspecified atom stereocenters. The average Bonchev–Trinajstić information content (AvgIpc) is 2.96. The van der Waals surface area contributed by atoms with Crippen molar-refractivity contribution in [2.24, 2.45) is 5.92 Å². The Kier molecular flexibility index (Phi) is 5.35. The largest absolute Gasteiger partial charge is 0.508 e. The molecule has 2 aromatic carbocycles. The molecular weight excluding hydrogens is 372 g/mol. The minimum atomic E-state index is -0.0445. The van der Waals surface area contributed by atoms with Crippen molar-refractivity contribution in [3.8, 4) is 5.75 Å². The first-order valence-electron chi connectivity index (χ1n) is 10.0. The summed E-state index contributed by atoms with van der Waals surface area (Å²) in [5.74, 6) is 1.19. The third-order valence-corrected chi connectivity index (χ3v) is 6.05. The SMILES string of the molecule is CC(C)CNCc1cc(O)c2c(c1)C(=O)N(c1cccc(C3CC(Cl)C3)c1)C2. The van der Waals surface area contributed by atoms with E-state index in [0.717, 1.165) is 30.6 Å². The molecule has 2 aliphatic rings. The maximum absolute atomic E-state index is 13.1. The van der Waals surface area contributed by atoms with Crippen LogP contribution in [0.2, 0.25) is 0 Å². The number of carbonyl (C=O) groups is 1. The summed E-state index contributed by atoms with van der Waals surface area (Å²) in [6.45, 7) is 6.25. The number of hydrogen-bond donors (Lipinski definition) is 2. The van der Waals surface area contributed by atoms with E-state index in [1.807, 2.05) is 18.2 Å². The van der Waals surface area contributed by atoms with E-state index in [2.05, 4.69) is 31.3 Å². The van der Waals surface area contributed by atoms with Gasteiger partial charge in [-0.25, -0.2) is 0 Å². The lowest BCUT2D eigenvalue weighted by atomic mass is 9.79. The first-order valence-corrected chi connectivity index (χ1v) is 10.5. The van der Waals surface area contributed by atoms with Crippen molar-refractivity contribution >= 4 is 23.2 Å². The highest BCUT2D eigenvalue weighted by molar-refractivity contribution is 6.21. The number of anilines is 1. The normalized spacial score (nSPS) is 21.1. The first-order chi connectivity index (χ1) is 13.4. The van der Waals surface area contributed by atoms with E-state index in [0.29, 0.717) is 36.1 Å². The number of phenols is 1. The van der Waals surface area contributed by atoms with Gasteiger partial charge in [0.25, 0.3) is 5.91 Å². The summed E-state index contributed by atoms with van der Waals surface area (Å²) in [6.07, 6.45) is 1.99. The first kappa shape index (κ1) is 19.3. The molecule has 0 spiro atoms. The summed E-state index contributed by atoms with van der Waals surface area (Å²) >= 11 is 6.13. The number of aromatic hydroxyl groups is 1. The number of alkyl halides is 1. The zero-order valence-corrected chi connectivity index (χ0v) is 17.2. The van der Waals surface area contributed by atoms with E-state index < -0.39 is 0 Å². The zero-order valence-electron chi connectivity index (χ0n) is 16.4. The van der Waals surface area contributed by atoms with Crippen LogP contribution in [-0.2, 0) is 13.1 Å². The van der Waals surface area contributed by atoms with Crippen LogP contribution in [0.3, 0.4) is 0 Å². The lowest BCUT2D eigenvalue weighted by Crippen LogP contribution is -2.25. The molecule has 0 saturated heterocycles. The fraction of sp³-hybridized carbons (Fsp3) is 0.435. The third kappa shape index (κ3) is 3.76. The summed E-state index contributed by atoms with van der Waals surface area (Å²) < 4.78 is 0. The monoisotopic (exact) mass is 398 g/mol. The molecule has 28 heavy (non-hydrogen) atoms. The highest BCUT2D eigenvalue weighted by Crippen LogP contribution is 2.42. The molecule has 1 aliphatic heterocycles. The van der Waals surface area contributed by atoms with Crippen molar-refractivity contribution in [3.63, 3.8) is 0 Å². The molecule has 2 aromatic rings. The Morgan fingerprint density at radius 1 is 1.25 bits per heavy atom. The topological polar surface area (TPSA) is 52.6 Å². The standard InChI is InChI=1S/C23H27ClN2O2/c1-14(2)11-25-12-15-6-20-21(22(27)7-15)13-26(23(20)28)19-5-3-4-16(10-19)17-8-18(24)9-17/h3-7,10,14,17-18,25,27H,8-9,11-13H2,1-2H3. The fourth-order valence-corrected chi connectivity index (χ4v) is 4.46. The number of benzene rings is 2. The number of halogens is 1. The second kappa shape index (κ2) is 7.76. The van der Waals surface area contributed by atoms with Crippen molar-refractivity contribution in [2.75, 3.05) is 11.4 Å². The van der Waals surface area contributed by atoms with E-state index in [9.17, 15) is 9.90 Å². The smallest absolute Gasteiger partial charge is 0.259 e. The molecule has 0 aromatic heterocycles. The van der Waals surface area contributed by atoms with Crippen LogP contribution in [0.25, 0.3) is 0 Å². The summed E-state index contributed by atoms with van der Waals surface area (Å²) in [4.78, 5) is 14.8. The van der Waals surface area contributed by atoms with Crippen LogP contribution in [0, 0.1) is 5.92 Å². The van der Waals surface area contributed by atoms with Crippen LogP contribution < -0.4 is 10.2 Å². The van der Waals surface area contributed by atoms with Crippen molar-refractivity contribution < 1.29 is 9.90 Å². The number of nitrogens with zero attached hydrogens (tertiary/aromatic N) is 1. The molecule has 5 heteroatoms. The molecule has 0 radical (unpaired) electrons. The molecule has 4 rings (SSSR count). The number of amides is 1. The molecule has 148 valence electrons. The molecule has 1 fully saturated rings. The Bertz CT molecular complexity index is 890. The second-order valence-corrected chi connectivity index (χ2v) is 9.03. The van der Waals surface area contributed by atoms with Crippen LogP contribution in [0.4, 0.5) is 5.69 Å². The van der Waals surface area contributed by atoms with Crippen molar-refractivity contribution in [1.82, 2.24) is 5.32 Å². The van der Waals surface area contributed by atoms with Gasteiger partial charge in [-0.3, -0.25) is 4.79 Å². The molecule has 2 N–H and O–H groups in total. The predicted octanol–water partition coefficient (Wildman–Crippen LogP) is 4.78. The summed E-state index contributed by atoms with van der Waals surface area (Å²) in [7, 11) is 0. The average molecular weight is 399 g/mol. The highest BCUT2D eigenvalue weighted by atomic mass is 35.5. The van der Waals surface area contributed by atoms with E-state index in [1.165, 1.54) is 5.56 Å². The lowest BCUT2D eigenvalue weighted by molar-refractivity contribution is 0.0996. The van der Waals surface area contributed by atoms with Gasteiger partial charge >= 0.3 is 0 Å². The van der Waals surface area contributed by atoms with Crippen molar-refractivity contribution in [2.45, 2.75) is 51.1 Å². The Labute approximate surface area is 171 Å². The Morgan fingerprint density at radius 3 is 2.75 bits per heavy atom. The highest BCUT2D eigenvalue weighted by Gasteiger charge is 2.33. The second-order valence-electron chi connectivity index (χ2n) is 8.42. The fourth-order valence-electron chi connectivity index (χ4n) is 4.03. The van der Waals surface area contributed by atoms with Gasteiger partial charge in [0.2, 0.25) is 0 Å². The van der Waals surface area contributed by atoms with E-state index in [4.69, 9.17) is 11.6 Å². The van der Waals surface area contributed by atoms with E-state index in [1.54, 1.807) is 11.0 Å². The summed E-state index contributed by atoms with van der Waals surface area (Å²) in [5.41, 5.74) is 4.38. The zero-order chi connectivity index (χ0) is 19.8. The minimum absolute atomic E-state index is 0.0445. The van der Waals surface area contributed by atoms with Crippen LogP contribution >= 0.6 is 11.6 Å². The number of carbonyl (C=O) groups excluding carboxylic acids is 1. The minimum Gasteiger partial charge on any atom is -0.508 e. The van der Waals surface area contributed by atoms with Crippen LogP contribution in [0.1, 0.15) is 59.7 Å². The number of fused-ring (bicyclic) bond motifs is 1. The Hall–Kier alpha value is -2.04.